The summed E-state index contributed by atoms with van der Waals surface area (Å²) in [5.41, 5.74) is 0.254. The summed E-state index contributed by atoms with van der Waals surface area (Å²) in [6.07, 6.45) is 1.21. The smallest absolute Gasteiger partial charge is 0.255 e. The molecule has 1 aliphatic carbocycles. The predicted molar refractivity (Wildman–Crippen MR) is 86.3 cm³/mol. The molecule has 4 nitrogen and oxygen atoms in total. The molecule has 1 amide bonds. The van der Waals surface area contributed by atoms with Crippen molar-refractivity contribution in [3.05, 3.63) is 22.7 Å². The highest BCUT2D eigenvalue weighted by Gasteiger charge is 2.28. The van der Waals surface area contributed by atoms with E-state index in [4.69, 9.17) is 21.1 Å². The fourth-order valence-electron chi connectivity index (χ4n) is 2.93. The zero-order valence-electron chi connectivity index (χ0n) is 13.3. The van der Waals surface area contributed by atoms with Gasteiger partial charge in [0.05, 0.1) is 24.8 Å². The maximum atomic E-state index is 12.9. The van der Waals surface area contributed by atoms with E-state index in [1.807, 2.05) is 0 Å². The molecule has 0 spiro atoms. The molecule has 0 unspecified atom stereocenters. The first-order valence-electron chi connectivity index (χ1n) is 8.21. The van der Waals surface area contributed by atoms with Crippen LogP contribution >= 0.6 is 11.6 Å². The lowest BCUT2D eigenvalue weighted by Gasteiger charge is -2.32. The first-order chi connectivity index (χ1) is 11.5. The van der Waals surface area contributed by atoms with Crippen molar-refractivity contribution in [3.63, 3.8) is 0 Å². The number of alkyl halides is 2. The summed E-state index contributed by atoms with van der Waals surface area (Å²) in [4.78, 5) is 13.9. The molecular weight excluding hydrogens is 340 g/mol. The Morgan fingerprint density at radius 1 is 1.25 bits per heavy atom. The number of nitrogens with zero attached hydrogens (tertiary/aromatic N) is 1. The van der Waals surface area contributed by atoms with Crippen LogP contribution in [0.25, 0.3) is 0 Å². The zero-order valence-corrected chi connectivity index (χ0v) is 14.0. The van der Waals surface area contributed by atoms with E-state index in [2.05, 4.69) is 0 Å². The van der Waals surface area contributed by atoms with E-state index in [1.165, 1.54) is 17.0 Å². The average molecular weight is 360 g/mol. The van der Waals surface area contributed by atoms with E-state index in [0.717, 1.165) is 19.3 Å². The Morgan fingerprint density at radius 2 is 2.00 bits per heavy atom. The van der Waals surface area contributed by atoms with Crippen LogP contribution in [0.5, 0.6) is 11.5 Å². The molecular formula is C17H20ClF2NO3. The number of hydrogen-bond acceptors (Lipinski definition) is 3. The van der Waals surface area contributed by atoms with E-state index in [0.29, 0.717) is 43.6 Å². The van der Waals surface area contributed by atoms with Crippen LogP contribution in [0.15, 0.2) is 12.1 Å². The Hall–Kier alpha value is -1.56. The summed E-state index contributed by atoms with van der Waals surface area (Å²) >= 11 is 6.19. The van der Waals surface area contributed by atoms with Crippen LogP contribution in [0.4, 0.5) is 8.78 Å². The third kappa shape index (κ3) is 3.91. The van der Waals surface area contributed by atoms with Gasteiger partial charge in [0.2, 0.25) is 0 Å². The van der Waals surface area contributed by atoms with E-state index in [9.17, 15) is 13.6 Å². The fraction of sp³-hybridized carbons (Fsp3) is 0.588. The van der Waals surface area contributed by atoms with E-state index >= 15 is 0 Å². The summed E-state index contributed by atoms with van der Waals surface area (Å²) in [6.45, 7) is 0.736. The highest BCUT2D eigenvalue weighted by molar-refractivity contribution is 6.32. The minimum atomic E-state index is -2.56. The lowest BCUT2D eigenvalue weighted by molar-refractivity contribution is 0.0469. The zero-order chi connectivity index (χ0) is 17.1. The summed E-state index contributed by atoms with van der Waals surface area (Å²) < 4.78 is 36.8. The van der Waals surface area contributed by atoms with Gasteiger partial charge in [0.15, 0.2) is 11.5 Å². The van der Waals surface area contributed by atoms with Gasteiger partial charge in [-0.3, -0.25) is 4.79 Å². The van der Waals surface area contributed by atoms with Crippen LogP contribution in [0, 0.1) is 5.92 Å². The fourth-order valence-corrected chi connectivity index (χ4v) is 3.20. The molecule has 1 saturated carbocycles. The third-order valence-electron chi connectivity index (χ3n) is 4.40. The minimum absolute atomic E-state index is 0.254. The second kappa shape index (κ2) is 7.55. The number of rotatable bonds is 5. The van der Waals surface area contributed by atoms with Crippen LogP contribution < -0.4 is 9.47 Å². The molecule has 0 radical (unpaired) electrons. The van der Waals surface area contributed by atoms with Crippen LogP contribution in [0.2, 0.25) is 5.02 Å². The average Bonchev–Trinajstić information content (AvgIpc) is 2.74. The van der Waals surface area contributed by atoms with Crippen LogP contribution in [-0.2, 0) is 0 Å². The number of benzene rings is 1. The van der Waals surface area contributed by atoms with Gasteiger partial charge in [-0.05, 0) is 30.9 Å². The van der Waals surface area contributed by atoms with Gasteiger partial charge in [-0.1, -0.05) is 18.0 Å². The van der Waals surface area contributed by atoms with Gasteiger partial charge >= 0.3 is 0 Å². The molecule has 1 aromatic rings. The molecule has 24 heavy (non-hydrogen) atoms. The Kier molecular flexibility index (Phi) is 5.43. The largest absolute Gasteiger partial charge is 0.489 e. The number of fused-ring (bicyclic) bond motifs is 1. The second-order valence-corrected chi connectivity index (χ2v) is 6.64. The van der Waals surface area contributed by atoms with Gasteiger partial charge in [-0.2, -0.15) is 0 Å². The van der Waals surface area contributed by atoms with Gasteiger partial charge < -0.3 is 14.4 Å². The molecule has 1 aliphatic heterocycles. The van der Waals surface area contributed by atoms with Crippen molar-refractivity contribution in [2.45, 2.75) is 32.1 Å². The van der Waals surface area contributed by atoms with Gasteiger partial charge in [-0.25, -0.2) is 8.78 Å². The van der Waals surface area contributed by atoms with Crippen molar-refractivity contribution in [2.24, 2.45) is 5.92 Å². The SMILES string of the molecule is O=C(c1cc(Cl)c2c(c1)OCCCO2)N(CC(F)F)CC1CCC1. The lowest BCUT2D eigenvalue weighted by atomic mass is 9.85. The molecule has 0 bridgehead atoms. The summed E-state index contributed by atoms with van der Waals surface area (Å²) in [5.74, 6) is 0.664. The Morgan fingerprint density at radius 3 is 2.67 bits per heavy atom. The van der Waals surface area contributed by atoms with Gasteiger partial charge in [0, 0.05) is 18.5 Å². The lowest BCUT2D eigenvalue weighted by Crippen LogP contribution is -2.40. The molecule has 132 valence electrons. The van der Waals surface area contributed by atoms with Gasteiger partial charge in [-0.15, -0.1) is 0 Å². The molecule has 0 saturated heterocycles. The van der Waals surface area contributed by atoms with Gasteiger partial charge in [0.1, 0.15) is 0 Å². The number of amides is 1. The van der Waals surface area contributed by atoms with E-state index in [1.54, 1.807) is 0 Å². The number of carbonyl (C=O) groups excluding carboxylic acids is 1. The molecule has 7 heteroatoms. The highest BCUT2D eigenvalue weighted by Crippen LogP contribution is 2.38. The van der Waals surface area contributed by atoms with Crippen LogP contribution in [-0.4, -0.2) is 43.5 Å². The van der Waals surface area contributed by atoms with Crippen molar-refractivity contribution in [3.8, 4) is 11.5 Å². The van der Waals surface area contributed by atoms with E-state index in [-0.39, 0.29) is 10.6 Å². The molecule has 1 aromatic carbocycles. The third-order valence-corrected chi connectivity index (χ3v) is 4.68. The number of ether oxygens (including phenoxy) is 2. The summed E-state index contributed by atoms with van der Waals surface area (Å²) in [5, 5.41) is 0.262. The highest BCUT2D eigenvalue weighted by atomic mass is 35.5. The first kappa shape index (κ1) is 17.3. The molecule has 1 fully saturated rings. The van der Waals surface area contributed by atoms with Crippen molar-refractivity contribution in [1.82, 2.24) is 4.90 Å². The molecule has 0 aromatic heterocycles. The number of carbonyl (C=O) groups is 1. The maximum Gasteiger partial charge on any atom is 0.255 e. The van der Waals surface area contributed by atoms with Crippen LogP contribution in [0.3, 0.4) is 0 Å². The monoisotopic (exact) mass is 359 g/mol. The minimum Gasteiger partial charge on any atom is -0.489 e. The van der Waals surface area contributed by atoms with Crippen molar-refractivity contribution >= 4 is 17.5 Å². The van der Waals surface area contributed by atoms with Crippen molar-refractivity contribution in [1.29, 1.82) is 0 Å². The Labute approximate surface area is 144 Å². The standard InChI is InChI=1S/C17H20ClF2NO3/c18-13-7-12(8-14-16(13)24-6-2-5-23-14)17(22)21(10-15(19)20)9-11-3-1-4-11/h7-8,11,15H,1-6,9-10H2. The Bertz CT molecular complexity index is 608. The first-order valence-corrected chi connectivity index (χ1v) is 8.59. The molecule has 0 atom stereocenters. The summed E-state index contributed by atoms with van der Waals surface area (Å²) in [6, 6.07) is 3.00. The predicted octanol–water partition coefficient (Wildman–Crippen LogP) is 4.01. The normalized spacial score (nSPS) is 17.3. The number of hydrogen-bond donors (Lipinski definition) is 0. The summed E-state index contributed by atoms with van der Waals surface area (Å²) in [7, 11) is 0. The van der Waals surface area contributed by atoms with Gasteiger partial charge in [0.25, 0.3) is 12.3 Å². The maximum absolute atomic E-state index is 12.9. The molecule has 0 N–H and O–H groups in total. The molecule has 1 heterocycles. The molecule has 3 rings (SSSR count). The topological polar surface area (TPSA) is 38.8 Å². The second-order valence-electron chi connectivity index (χ2n) is 6.23. The number of halogens is 3. The quantitative estimate of drug-likeness (QED) is 0.797. The van der Waals surface area contributed by atoms with E-state index < -0.39 is 18.9 Å². The Balaban J connectivity index is 1.83. The van der Waals surface area contributed by atoms with Crippen molar-refractivity contribution in [2.75, 3.05) is 26.3 Å². The molecule has 2 aliphatic rings. The van der Waals surface area contributed by atoms with Crippen molar-refractivity contribution < 1.29 is 23.0 Å². The van der Waals surface area contributed by atoms with Crippen LogP contribution in [0.1, 0.15) is 36.0 Å².